The smallest absolute Gasteiger partial charge is 0.407 e. The van der Waals surface area contributed by atoms with E-state index < -0.39 is 5.60 Å². The molecule has 3 heterocycles. The second-order valence-electron chi connectivity index (χ2n) is 13.1. The molecule has 47 heavy (non-hydrogen) atoms. The monoisotopic (exact) mass is 633 g/mol. The van der Waals surface area contributed by atoms with Crippen LogP contribution < -0.4 is 19.7 Å². The summed E-state index contributed by atoms with van der Waals surface area (Å²) in [6.45, 7) is 9.44. The molecule has 1 aliphatic heterocycles. The number of nitrogens with one attached hydrogen (secondary N) is 1. The van der Waals surface area contributed by atoms with Crippen molar-refractivity contribution in [1.82, 2.24) is 20.1 Å². The Labute approximate surface area is 276 Å². The maximum Gasteiger partial charge on any atom is 0.407 e. The quantitative estimate of drug-likeness (QED) is 0.178. The summed E-state index contributed by atoms with van der Waals surface area (Å²) in [6, 6.07) is 30.7. The van der Waals surface area contributed by atoms with Crippen molar-refractivity contribution in [2.24, 2.45) is 7.05 Å². The van der Waals surface area contributed by atoms with E-state index in [0.29, 0.717) is 25.0 Å². The van der Waals surface area contributed by atoms with Gasteiger partial charge in [-0.1, -0.05) is 60.7 Å². The fraction of sp³-hybridized carbons (Fsp3) is 0.342. The molecule has 1 aliphatic rings. The second-order valence-corrected chi connectivity index (χ2v) is 13.1. The molecule has 0 spiro atoms. The highest BCUT2D eigenvalue weighted by atomic mass is 16.6. The van der Waals surface area contributed by atoms with Crippen molar-refractivity contribution in [1.29, 1.82) is 0 Å². The van der Waals surface area contributed by atoms with Gasteiger partial charge in [0.25, 0.3) is 0 Å². The molecular formula is C38H43N5O4. The van der Waals surface area contributed by atoms with Gasteiger partial charge < -0.3 is 24.4 Å². The minimum Gasteiger partial charge on any atom is -0.473 e. The average molecular weight is 634 g/mol. The van der Waals surface area contributed by atoms with E-state index in [1.54, 1.807) is 0 Å². The lowest BCUT2D eigenvalue weighted by Crippen LogP contribution is -2.49. The van der Waals surface area contributed by atoms with Gasteiger partial charge in [0.05, 0.1) is 11.1 Å². The van der Waals surface area contributed by atoms with Crippen LogP contribution in [0.3, 0.4) is 0 Å². The number of carbonyl (C=O) groups is 1. The number of fused-ring (bicyclic) bond motifs is 1. The summed E-state index contributed by atoms with van der Waals surface area (Å²) in [5.41, 5.74) is 5.33. The molecule has 0 unspecified atom stereocenters. The Kier molecular flexibility index (Phi) is 9.33. The van der Waals surface area contributed by atoms with Crippen LogP contribution in [0.25, 0.3) is 22.2 Å². The van der Waals surface area contributed by atoms with E-state index in [1.165, 1.54) is 0 Å². The molecule has 2 atom stereocenters. The van der Waals surface area contributed by atoms with Crippen molar-refractivity contribution in [2.45, 2.75) is 71.4 Å². The highest BCUT2D eigenvalue weighted by Crippen LogP contribution is 2.37. The highest BCUT2D eigenvalue weighted by Gasteiger charge is 2.29. The number of aryl methyl sites for hydroxylation is 1. The van der Waals surface area contributed by atoms with E-state index in [1.807, 2.05) is 105 Å². The normalized spacial score (nSPS) is 16.6. The molecule has 2 aromatic heterocycles. The number of amides is 1. The van der Waals surface area contributed by atoms with Crippen LogP contribution in [-0.4, -0.2) is 45.1 Å². The number of hydrogen-bond acceptors (Lipinski definition) is 7. The molecule has 1 saturated heterocycles. The third-order valence-electron chi connectivity index (χ3n) is 8.30. The van der Waals surface area contributed by atoms with E-state index in [-0.39, 0.29) is 18.2 Å². The van der Waals surface area contributed by atoms with Crippen molar-refractivity contribution >= 4 is 22.7 Å². The summed E-state index contributed by atoms with van der Waals surface area (Å²) in [4.78, 5) is 19.6. The van der Waals surface area contributed by atoms with Crippen LogP contribution in [0, 0.1) is 0 Å². The Morgan fingerprint density at radius 3 is 2.26 bits per heavy atom. The third kappa shape index (κ3) is 7.85. The number of carbonyl (C=O) groups excluding carboxylic acids is 1. The van der Waals surface area contributed by atoms with Crippen LogP contribution in [0.2, 0.25) is 0 Å². The molecule has 0 saturated carbocycles. The predicted molar refractivity (Wildman–Crippen MR) is 185 cm³/mol. The number of benzene rings is 3. The Morgan fingerprint density at radius 2 is 1.60 bits per heavy atom. The lowest BCUT2D eigenvalue weighted by molar-refractivity contribution is 0.0494. The summed E-state index contributed by atoms with van der Waals surface area (Å²) in [6.07, 6.45) is 1.31. The average Bonchev–Trinajstić information content (AvgIpc) is 3.38. The van der Waals surface area contributed by atoms with Crippen molar-refractivity contribution < 1.29 is 19.0 Å². The van der Waals surface area contributed by atoms with Gasteiger partial charge in [0, 0.05) is 42.8 Å². The third-order valence-corrected chi connectivity index (χ3v) is 8.30. The Bertz CT molecular complexity index is 1820. The molecule has 1 amide bonds. The van der Waals surface area contributed by atoms with Crippen LogP contribution >= 0.6 is 0 Å². The zero-order chi connectivity index (χ0) is 33.0. The van der Waals surface area contributed by atoms with Crippen LogP contribution in [0.15, 0.2) is 91.0 Å². The van der Waals surface area contributed by atoms with Crippen molar-refractivity contribution in [3.63, 3.8) is 0 Å². The number of ether oxygens (including phenoxy) is 3. The molecular weight excluding hydrogens is 590 g/mol. The number of aromatic nitrogens is 3. The maximum absolute atomic E-state index is 12.4. The molecule has 1 fully saturated rings. The van der Waals surface area contributed by atoms with Crippen LogP contribution in [-0.2, 0) is 25.0 Å². The van der Waals surface area contributed by atoms with Gasteiger partial charge in [0.2, 0.25) is 11.8 Å². The van der Waals surface area contributed by atoms with E-state index in [2.05, 4.69) is 35.3 Å². The summed E-state index contributed by atoms with van der Waals surface area (Å²) in [5.74, 6) is 0.957. The number of piperidine rings is 1. The maximum atomic E-state index is 12.4. The summed E-state index contributed by atoms with van der Waals surface area (Å²) >= 11 is 0. The minimum absolute atomic E-state index is 0.0737. The zero-order valence-electron chi connectivity index (χ0n) is 27.8. The number of pyridine rings is 1. The molecule has 5 aromatic rings. The first-order chi connectivity index (χ1) is 22.6. The summed E-state index contributed by atoms with van der Waals surface area (Å²) < 4.78 is 19.8. The van der Waals surface area contributed by atoms with Gasteiger partial charge >= 0.3 is 6.09 Å². The number of hydrogen-bond donors (Lipinski definition) is 1. The van der Waals surface area contributed by atoms with Crippen molar-refractivity contribution in [3.8, 4) is 23.0 Å². The molecule has 0 radical (unpaired) electrons. The highest BCUT2D eigenvalue weighted by molar-refractivity contribution is 5.96. The van der Waals surface area contributed by atoms with Crippen LogP contribution in [0.1, 0.15) is 51.7 Å². The Morgan fingerprint density at radius 1 is 0.915 bits per heavy atom. The fourth-order valence-electron chi connectivity index (χ4n) is 6.04. The first kappa shape index (κ1) is 31.9. The lowest BCUT2D eigenvalue weighted by atomic mass is 9.97. The largest absolute Gasteiger partial charge is 0.473 e. The van der Waals surface area contributed by atoms with Gasteiger partial charge in [0.15, 0.2) is 0 Å². The molecule has 1 N–H and O–H groups in total. The standard InChI is InChI=1S/C38H43N5O4/c1-26-22-29(39-37(44)47-38(2,3)4)20-21-43(26)30-16-17-31-33(23-30)42(5)41-35(31)32-18-19-34(45-24-27-12-8-6-9-13-27)40-36(32)46-25-28-14-10-7-11-15-28/h6-19,23,26,29H,20-22,24-25H2,1-5H3,(H,39,44)/t26-,29-/m1/s1. The second kappa shape index (κ2) is 13.7. The van der Waals surface area contributed by atoms with E-state index in [4.69, 9.17) is 24.3 Å². The summed E-state index contributed by atoms with van der Waals surface area (Å²) in [7, 11) is 1.96. The zero-order valence-corrected chi connectivity index (χ0v) is 27.8. The molecule has 0 aliphatic carbocycles. The Balaban J connectivity index is 1.23. The van der Waals surface area contributed by atoms with Gasteiger partial charge in [0.1, 0.15) is 24.5 Å². The molecule has 0 bridgehead atoms. The first-order valence-corrected chi connectivity index (χ1v) is 16.2. The first-order valence-electron chi connectivity index (χ1n) is 16.2. The number of alkyl carbamates (subject to hydrolysis) is 1. The van der Waals surface area contributed by atoms with Gasteiger partial charge in [-0.15, -0.1) is 0 Å². The molecule has 244 valence electrons. The fourth-order valence-corrected chi connectivity index (χ4v) is 6.04. The van der Waals surface area contributed by atoms with E-state index in [9.17, 15) is 4.79 Å². The summed E-state index contributed by atoms with van der Waals surface area (Å²) in [5, 5.41) is 9.02. The van der Waals surface area contributed by atoms with Crippen molar-refractivity contribution in [3.05, 3.63) is 102 Å². The topological polar surface area (TPSA) is 90.7 Å². The lowest BCUT2D eigenvalue weighted by Gasteiger charge is -2.39. The van der Waals surface area contributed by atoms with E-state index >= 15 is 0 Å². The number of anilines is 1. The molecule has 9 nitrogen and oxygen atoms in total. The van der Waals surface area contributed by atoms with Gasteiger partial charge in [-0.05, 0) is 75.9 Å². The number of rotatable bonds is 9. The van der Waals surface area contributed by atoms with Crippen molar-refractivity contribution in [2.75, 3.05) is 11.4 Å². The van der Waals surface area contributed by atoms with Crippen LogP contribution in [0.4, 0.5) is 10.5 Å². The molecule has 9 heteroatoms. The van der Waals surface area contributed by atoms with Crippen LogP contribution in [0.5, 0.6) is 11.8 Å². The minimum atomic E-state index is -0.517. The SMILES string of the molecule is C[C@@H]1C[C@H](NC(=O)OC(C)(C)C)CCN1c1ccc2c(-c3ccc(OCc4ccccc4)nc3OCc3ccccc3)nn(C)c2c1. The van der Waals surface area contributed by atoms with Gasteiger partial charge in [-0.2, -0.15) is 10.1 Å². The van der Waals surface area contributed by atoms with E-state index in [0.717, 1.165) is 58.4 Å². The van der Waals surface area contributed by atoms with Gasteiger partial charge in [-0.25, -0.2) is 4.79 Å². The predicted octanol–water partition coefficient (Wildman–Crippen LogP) is 7.68. The molecule has 3 aromatic carbocycles. The van der Waals surface area contributed by atoms with Gasteiger partial charge in [-0.3, -0.25) is 4.68 Å². The number of nitrogens with zero attached hydrogens (tertiary/aromatic N) is 4. The molecule has 6 rings (SSSR count). The Hall–Kier alpha value is -5.05.